The summed E-state index contributed by atoms with van der Waals surface area (Å²) < 4.78 is 13.0. The number of aromatic nitrogens is 2. The molecule has 2 aliphatic heterocycles. The topological polar surface area (TPSA) is 178 Å². The molecule has 9 aromatic rings. The monoisotopic (exact) mass is 1260 g/mol. The SMILES string of the molecule is COc1ccc(COC(=O)C2=C(/C=C/C[n+]3cccc(C(N)=O)c3)CS[C@H]3[C@H](NC(=O)C(=NOC(c4ccccc4)(c4ccccc4)c4ccccc4)c4csc(NC(c5ccccc5)(c5ccccc5)c5ccccc5)n4)C(=O)N23)cc1.[I-]. The van der Waals surface area contributed by atoms with Crippen LogP contribution in [0, 0.1) is 0 Å². The Labute approximate surface area is 511 Å². The number of carbonyl (C=O) groups excluding carboxylic acids is 4. The summed E-state index contributed by atoms with van der Waals surface area (Å²) in [5.41, 5.74) is 9.88. The number of halogens is 1. The molecule has 0 spiro atoms. The molecule has 0 radical (unpaired) electrons. The molecule has 0 bridgehead atoms. The number of ether oxygens (including phenoxy) is 2. The van der Waals surface area contributed by atoms with Crippen LogP contribution in [-0.4, -0.2) is 63.6 Å². The van der Waals surface area contributed by atoms with Crippen molar-refractivity contribution in [3.63, 3.8) is 0 Å². The molecule has 17 heteroatoms. The average Bonchev–Trinajstić information content (AvgIpc) is 4.12. The molecular formula is C67H56IN7O7S2. The maximum absolute atomic E-state index is 15.5. The van der Waals surface area contributed by atoms with Crippen LogP contribution in [0.3, 0.4) is 0 Å². The maximum Gasteiger partial charge on any atom is 0.355 e. The van der Waals surface area contributed by atoms with E-state index in [0.29, 0.717) is 34.1 Å². The minimum Gasteiger partial charge on any atom is -1.00 e. The van der Waals surface area contributed by atoms with Crippen LogP contribution in [0.2, 0.25) is 0 Å². The fraction of sp³-hybridized carbons (Fsp3) is 0.119. The van der Waals surface area contributed by atoms with E-state index in [1.54, 1.807) is 71.9 Å². The second-order valence-electron chi connectivity index (χ2n) is 19.5. The number of rotatable bonds is 21. The first-order valence-corrected chi connectivity index (χ1v) is 28.7. The highest BCUT2D eigenvalue weighted by Crippen LogP contribution is 2.44. The first-order chi connectivity index (χ1) is 40.7. The minimum absolute atomic E-state index is 0. The number of carbonyl (C=O) groups is 4. The van der Waals surface area contributed by atoms with E-state index in [9.17, 15) is 14.4 Å². The Hall–Kier alpha value is -9.17. The highest BCUT2D eigenvalue weighted by atomic mass is 127. The first-order valence-electron chi connectivity index (χ1n) is 26.7. The number of primary amides is 1. The standard InChI is InChI=1S/C67H55N7O7S2.HI/c1-79-55-38-36-46(37-39-55)43-80-64(78)59-48(23-21-41-73-40-20-22-47(42-73)60(68)75)44-82-63-58(62(77)74(59)63)70-61(76)57(72-81-67(52-30-14-5-15-31-52,53-32-16-6-17-33-53)54-34-18-7-19-35-54)56-45-83-65(69-56)71-66(49-24-8-2-9-25-49,50-26-10-3-11-27-50)51-28-12-4-13-29-51;/h2-40,42,45,58,63H,41,43-44H2,1H3,(H3-,68,69,70,71,75,76);1H/b23-21+,72-57?;/t58-,63+;/m1./s1. The van der Waals surface area contributed by atoms with Gasteiger partial charge in [0.05, 0.1) is 7.11 Å². The lowest BCUT2D eigenvalue weighted by molar-refractivity contribution is -0.687. The van der Waals surface area contributed by atoms with Gasteiger partial charge in [-0.05, 0) is 52.1 Å². The van der Waals surface area contributed by atoms with Gasteiger partial charge >= 0.3 is 5.97 Å². The quantitative estimate of drug-likeness (QED) is 0.0126. The van der Waals surface area contributed by atoms with Gasteiger partial charge in [-0.1, -0.05) is 205 Å². The molecular weight excluding hydrogens is 1210 g/mol. The molecule has 3 amide bonds. The molecule has 0 aliphatic carbocycles. The van der Waals surface area contributed by atoms with Crippen LogP contribution in [-0.2, 0) is 48.2 Å². The molecule has 1 saturated heterocycles. The number of oxime groups is 1. The summed E-state index contributed by atoms with van der Waals surface area (Å²) in [5.74, 6) is -1.63. The number of thiazole rings is 1. The van der Waals surface area contributed by atoms with Gasteiger partial charge in [-0.3, -0.25) is 19.3 Å². The number of thioether (sulfide) groups is 1. The van der Waals surface area contributed by atoms with Crippen LogP contribution < -0.4 is 49.6 Å². The third kappa shape index (κ3) is 12.0. The van der Waals surface area contributed by atoms with E-state index >= 15 is 4.79 Å². The second-order valence-corrected chi connectivity index (χ2v) is 21.5. The van der Waals surface area contributed by atoms with Gasteiger partial charge in [0, 0.05) is 33.9 Å². The Morgan fingerprint density at radius 1 is 0.726 bits per heavy atom. The third-order valence-corrected chi connectivity index (χ3v) is 16.5. The summed E-state index contributed by atoms with van der Waals surface area (Å²) in [5, 5.41) is 13.2. The van der Waals surface area contributed by atoms with Crippen molar-refractivity contribution in [2.75, 3.05) is 18.2 Å². The van der Waals surface area contributed by atoms with Crippen LogP contribution in [0.4, 0.5) is 5.13 Å². The van der Waals surface area contributed by atoms with Gasteiger partial charge in [0.2, 0.25) is 5.60 Å². The number of hydrogen-bond donors (Lipinski definition) is 3. The van der Waals surface area contributed by atoms with Crippen molar-refractivity contribution < 1.29 is 62.0 Å². The Balaban J connectivity index is 0.00000786. The smallest absolute Gasteiger partial charge is 0.355 e. The largest absolute Gasteiger partial charge is 1.00 e. The Morgan fingerprint density at radius 2 is 1.25 bits per heavy atom. The molecule has 2 aliphatic rings. The molecule has 0 saturated carbocycles. The van der Waals surface area contributed by atoms with E-state index in [-0.39, 0.29) is 53.4 Å². The fourth-order valence-electron chi connectivity index (χ4n) is 10.4. The molecule has 2 aromatic heterocycles. The zero-order valence-electron chi connectivity index (χ0n) is 45.4. The normalized spacial score (nSPS) is 15.0. The summed E-state index contributed by atoms with van der Waals surface area (Å²) in [6.45, 7) is 0.242. The van der Waals surface area contributed by atoms with Crippen LogP contribution >= 0.6 is 23.1 Å². The number of nitrogens with zero attached hydrogens (tertiary/aromatic N) is 4. The maximum atomic E-state index is 15.5. The lowest BCUT2D eigenvalue weighted by Crippen LogP contribution is -3.00. The van der Waals surface area contributed by atoms with Crippen molar-refractivity contribution in [3.8, 4) is 5.75 Å². The molecule has 4 N–H and O–H groups in total. The molecule has 1 fully saturated rings. The zero-order chi connectivity index (χ0) is 57.2. The Bertz CT molecular complexity index is 3660. The summed E-state index contributed by atoms with van der Waals surface area (Å²) in [7, 11) is 1.57. The van der Waals surface area contributed by atoms with E-state index in [1.165, 1.54) is 28.0 Å². The number of methoxy groups -OCH3 is 1. The molecule has 2 atom stereocenters. The van der Waals surface area contributed by atoms with E-state index in [4.69, 9.17) is 30.2 Å². The number of benzene rings is 7. The van der Waals surface area contributed by atoms with Gasteiger partial charge in [-0.15, -0.1) is 23.1 Å². The van der Waals surface area contributed by atoms with Crippen molar-refractivity contribution in [2.24, 2.45) is 10.9 Å². The Kier molecular flexibility index (Phi) is 18.2. The van der Waals surface area contributed by atoms with Gasteiger partial charge in [-0.25, -0.2) is 14.3 Å². The molecule has 4 heterocycles. The summed E-state index contributed by atoms with van der Waals surface area (Å²) >= 11 is 2.68. The third-order valence-electron chi connectivity index (χ3n) is 14.5. The van der Waals surface area contributed by atoms with E-state index in [2.05, 4.69) is 47.0 Å². The first kappa shape index (κ1) is 58.0. The van der Waals surface area contributed by atoms with Crippen LogP contribution in [0.25, 0.3) is 0 Å². The van der Waals surface area contributed by atoms with Crippen molar-refractivity contribution in [2.45, 2.75) is 35.7 Å². The molecule has 84 heavy (non-hydrogen) atoms. The highest BCUT2D eigenvalue weighted by molar-refractivity contribution is 8.00. The lowest BCUT2D eigenvalue weighted by atomic mass is 9.77. The van der Waals surface area contributed by atoms with Gasteiger partial charge in [-0.2, -0.15) is 0 Å². The van der Waals surface area contributed by atoms with Crippen molar-refractivity contribution in [1.82, 2.24) is 15.2 Å². The predicted molar refractivity (Wildman–Crippen MR) is 321 cm³/mol. The van der Waals surface area contributed by atoms with Crippen LogP contribution in [0.5, 0.6) is 5.75 Å². The number of nitrogens with one attached hydrogen (secondary N) is 2. The summed E-state index contributed by atoms with van der Waals surface area (Å²) in [6, 6.07) is 68.7. The summed E-state index contributed by atoms with van der Waals surface area (Å²) in [4.78, 5) is 70.1. The lowest BCUT2D eigenvalue weighted by Gasteiger charge is -2.49. The molecule has 0 unspecified atom stereocenters. The Morgan fingerprint density at radius 3 is 1.76 bits per heavy atom. The molecule has 11 rings (SSSR count). The number of anilines is 1. The number of fused-ring (bicyclic) bond motifs is 1. The number of pyridine rings is 1. The van der Waals surface area contributed by atoms with E-state index < -0.39 is 46.2 Å². The molecule has 420 valence electrons. The zero-order valence-corrected chi connectivity index (χ0v) is 49.2. The van der Waals surface area contributed by atoms with Crippen molar-refractivity contribution in [3.05, 3.63) is 310 Å². The number of nitrogens with two attached hydrogens (primary N) is 1. The highest BCUT2D eigenvalue weighted by Gasteiger charge is 2.55. The number of allylic oxidation sites excluding steroid dienone is 2. The predicted octanol–water partition coefficient (Wildman–Crippen LogP) is 7.31. The number of hydrogen-bond acceptors (Lipinski definition) is 12. The average molecular weight is 1260 g/mol. The number of amides is 3. The van der Waals surface area contributed by atoms with Crippen molar-refractivity contribution >= 4 is 57.6 Å². The minimum atomic E-state index is -1.39. The van der Waals surface area contributed by atoms with Gasteiger partial charge in [0.25, 0.3) is 17.7 Å². The van der Waals surface area contributed by atoms with E-state index in [0.717, 1.165) is 33.4 Å². The second kappa shape index (κ2) is 26.4. The number of β-lactam (4-membered cyclic amide) rings is 1. The van der Waals surface area contributed by atoms with Gasteiger partial charge < -0.3 is 54.7 Å². The van der Waals surface area contributed by atoms with Crippen molar-refractivity contribution in [1.29, 1.82) is 0 Å². The van der Waals surface area contributed by atoms with Crippen LogP contribution in [0.15, 0.2) is 265 Å². The molecule has 14 nitrogen and oxygen atoms in total. The summed E-state index contributed by atoms with van der Waals surface area (Å²) in [6.07, 6.45) is 7.02. The number of esters is 1. The van der Waals surface area contributed by atoms with E-state index in [1.807, 2.05) is 152 Å². The van der Waals surface area contributed by atoms with Crippen LogP contribution in [0.1, 0.15) is 55.0 Å². The van der Waals surface area contributed by atoms with Gasteiger partial charge in [0.15, 0.2) is 29.8 Å². The molecule has 7 aromatic carbocycles. The fourth-order valence-corrected chi connectivity index (χ4v) is 12.5. The van der Waals surface area contributed by atoms with Gasteiger partial charge in [0.1, 0.15) is 46.3 Å².